The van der Waals surface area contributed by atoms with Crippen LogP contribution in [0.25, 0.3) is 11.5 Å². The number of hydrogen-bond donors (Lipinski definition) is 0. The van der Waals surface area contributed by atoms with Crippen LogP contribution in [0.3, 0.4) is 0 Å². The van der Waals surface area contributed by atoms with Crippen molar-refractivity contribution < 1.29 is 9.21 Å². The third-order valence-electron chi connectivity index (χ3n) is 3.82. The van der Waals surface area contributed by atoms with Crippen molar-refractivity contribution >= 4 is 28.8 Å². The Labute approximate surface area is 155 Å². The maximum atomic E-state index is 12.8. The lowest BCUT2D eigenvalue weighted by atomic mass is 10.2. The number of nitrogens with zero attached hydrogens (tertiary/aromatic N) is 3. The molecule has 0 radical (unpaired) electrons. The molecule has 5 nitrogen and oxygen atoms in total. The second kappa shape index (κ2) is 7.37. The third kappa shape index (κ3) is 3.75. The van der Waals surface area contributed by atoms with Gasteiger partial charge in [0, 0.05) is 6.04 Å². The molecular formula is C18H18ClN3O2S. The fraction of sp³-hybridized carbons (Fsp3) is 0.278. The molecule has 0 atom stereocenters. The highest BCUT2D eigenvalue weighted by atomic mass is 35.5. The number of halogens is 1. The van der Waals surface area contributed by atoms with Gasteiger partial charge >= 0.3 is 0 Å². The Balaban J connectivity index is 1.83. The van der Waals surface area contributed by atoms with E-state index in [2.05, 4.69) is 10.2 Å². The van der Waals surface area contributed by atoms with Gasteiger partial charge in [0.25, 0.3) is 5.91 Å². The summed E-state index contributed by atoms with van der Waals surface area (Å²) in [5.41, 5.74) is 1.65. The number of carbonyl (C=O) groups is 1. The van der Waals surface area contributed by atoms with Gasteiger partial charge < -0.3 is 9.32 Å². The van der Waals surface area contributed by atoms with Crippen LogP contribution in [0.4, 0.5) is 0 Å². The Morgan fingerprint density at radius 3 is 2.68 bits per heavy atom. The van der Waals surface area contributed by atoms with Crippen molar-refractivity contribution in [1.82, 2.24) is 15.1 Å². The number of rotatable bonds is 5. The smallest absolute Gasteiger partial charge is 0.264 e. The Kier molecular flexibility index (Phi) is 5.20. The van der Waals surface area contributed by atoms with Crippen molar-refractivity contribution in [2.75, 3.05) is 0 Å². The molecule has 0 aliphatic carbocycles. The van der Waals surface area contributed by atoms with E-state index >= 15 is 0 Å². The number of thiophene rings is 1. The molecule has 1 aromatic carbocycles. The Hall–Kier alpha value is -2.18. The minimum Gasteiger partial charge on any atom is -0.419 e. The molecule has 0 fully saturated rings. The van der Waals surface area contributed by atoms with Gasteiger partial charge in [-0.25, -0.2) is 0 Å². The molecule has 0 unspecified atom stereocenters. The molecule has 0 aliphatic heterocycles. The fourth-order valence-corrected chi connectivity index (χ4v) is 3.51. The summed E-state index contributed by atoms with van der Waals surface area (Å²) < 4.78 is 5.73. The summed E-state index contributed by atoms with van der Waals surface area (Å²) in [5.74, 6) is 0.704. The molecule has 130 valence electrons. The van der Waals surface area contributed by atoms with Crippen molar-refractivity contribution in [3.63, 3.8) is 0 Å². The molecule has 1 amide bonds. The molecule has 0 N–H and O–H groups in total. The summed E-state index contributed by atoms with van der Waals surface area (Å²) in [6.45, 7) is 6.12. The van der Waals surface area contributed by atoms with Crippen LogP contribution in [0.2, 0.25) is 5.02 Å². The van der Waals surface area contributed by atoms with E-state index in [-0.39, 0.29) is 18.5 Å². The van der Waals surface area contributed by atoms with Crippen molar-refractivity contribution in [2.45, 2.75) is 33.4 Å². The molecule has 3 aromatic rings. The summed E-state index contributed by atoms with van der Waals surface area (Å²) in [6.07, 6.45) is 0. The minimum absolute atomic E-state index is 0.00432. The molecule has 0 saturated heterocycles. The van der Waals surface area contributed by atoms with Gasteiger partial charge in [-0.3, -0.25) is 4.79 Å². The van der Waals surface area contributed by atoms with Crippen LogP contribution >= 0.6 is 22.9 Å². The van der Waals surface area contributed by atoms with Crippen LogP contribution in [0.15, 0.2) is 40.1 Å². The Morgan fingerprint density at radius 2 is 2.04 bits per heavy atom. The summed E-state index contributed by atoms with van der Waals surface area (Å²) in [7, 11) is 0. The molecule has 0 spiro atoms. The maximum absolute atomic E-state index is 12.8. The molecule has 0 bridgehead atoms. The summed E-state index contributed by atoms with van der Waals surface area (Å²) in [5, 5.41) is 10.6. The van der Waals surface area contributed by atoms with Gasteiger partial charge in [0.05, 0.1) is 22.0 Å². The van der Waals surface area contributed by atoms with Gasteiger partial charge in [-0.2, -0.15) is 0 Å². The quantitative estimate of drug-likeness (QED) is 0.642. The van der Waals surface area contributed by atoms with Crippen LogP contribution < -0.4 is 0 Å². The highest BCUT2D eigenvalue weighted by Gasteiger charge is 2.24. The van der Waals surface area contributed by atoms with E-state index in [0.717, 1.165) is 10.4 Å². The molecule has 7 heteroatoms. The molecule has 25 heavy (non-hydrogen) atoms. The van der Waals surface area contributed by atoms with Crippen LogP contribution in [0.1, 0.15) is 35.0 Å². The monoisotopic (exact) mass is 375 g/mol. The van der Waals surface area contributed by atoms with Gasteiger partial charge in [0.1, 0.15) is 0 Å². The first-order valence-electron chi connectivity index (χ1n) is 7.89. The van der Waals surface area contributed by atoms with Gasteiger partial charge in [-0.1, -0.05) is 23.7 Å². The first-order valence-corrected chi connectivity index (χ1v) is 9.15. The van der Waals surface area contributed by atoms with Crippen molar-refractivity contribution in [1.29, 1.82) is 0 Å². The number of hydrogen-bond acceptors (Lipinski definition) is 5. The normalized spacial score (nSPS) is 11.1. The summed E-state index contributed by atoms with van der Waals surface area (Å²) in [4.78, 5) is 15.3. The fourth-order valence-electron chi connectivity index (χ4n) is 2.42. The zero-order chi connectivity index (χ0) is 18.0. The maximum Gasteiger partial charge on any atom is 0.264 e. The molecule has 2 heterocycles. The van der Waals surface area contributed by atoms with Gasteiger partial charge in [-0.05, 0) is 49.9 Å². The predicted molar refractivity (Wildman–Crippen MR) is 98.8 cm³/mol. The highest BCUT2D eigenvalue weighted by molar-refractivity contribution is 7.12. The lowest BCUT2D eigenvalue weighted by Gasteiger charge is -2.25. The number of aryl methyl sites for hydroxylation is 1. The standard InChI is InChI=1S/C18H18ClN3O2S/c1-11(2)22(18(23)16-12(3)8-9-25-16)10-15-20-21-17(24-15)13-6-4-5-7-14(13)19/h4-9,11H,10H2,1-3H3. The van der Waals surface area contributed by atoms with E-state index in [4.69, 9.17) is 16.0 Å². The zero-order valence-electron chi connectivity index (χ0n) is 14.2. The minimum atomic E-state index is -0.0278. The SMILES string of the molecule is Cc1ccsc1C(=O)N(Cc1nnc(-c2ccccc2Cl)o1)C(C)C. The predicted octanol–water partition coefficient (Wildman–Crippen LogP) is 4.81. The van der Waals surface area contributed by atoms with Gasteiger partial charge in [0.2, 0.25) is 11.8 Å². The van der Waals surface area contributed by atoms with E-state index in [1.54, 1.807) is 11.0 Å². The third-order valence-corrected chi connectivity index (χ3v) is 5.15. The average Bonchev–Trinajstić information content (AvgIpc) is 3.21. The second-order valence-corrected chi connectivity index (χ2v) is 7.26. The molecule has 3 rings (SSSR count). The highest BCUT2D eigenvalue weighted by Crippen LogP contribution is 2.27. The topological polar surface area (TPSA) is 59.2 Å². The van der Waals surface area contributed by atoms with Gasteiger partial charge in [-0.15, -0.1) is 21.5 Å². The number of benzene rings is 1. The number of carbonyl (C=O) groups excluding carboxylic acids is 1. The first-order chi connectivity index (χ1) is 12.0. The molecule has 2 aromatic heterocycles. The molecule has 0 aliphatic rings. The van der Waals surface area contributed by atoms with E-state index < -0.39 is 0 Å². The van der Waals surface area contributed by atoms with Crippen molar-refractivity contribution in [3.8, 4) is 11.5 Å². The summed E-state index contributed by atoms with van der Waals surface area (Å²) >= 11 is 7.61. The van der Waals surface area contributed by atoms with E-state index in [1.807, 2.05) is 50.4 Å². The van der Waals surface area contributed by atoms with Crippen LogP contribution in [-0.4, -0.2) is 27.0 Å². The molecular weight excluding hydrogens is 358 g/mol. The average molecular weight is 376 g/mol. The first kappa shape index (κ1) is 17.6. The van der Waals surface area contributed by atoms with Crippen molar-refractivity contribution in [3.05, 3.63) is 57.1 Å². The molecule has 0 saturated carbocycles. The largest absolute Gasteiger partial charge is 0.419 e. The Morgan fingerprint density at radius 1 is 1.28 bits per heavy atom. The van der Waals surface area contributed by atoms with Crippen LogP contribution in [0.5, 0.6) is 0 Å². The number of aromatic nitrogens is 2. The Bertz CT molecular complexity index is 888. The van der Waals surface area contributed by atoms with E-state index in [9.17, 15) is 4.79 Å². The van der Waals surface area contributed by atoms with Crippen LogP contribution in [0, 0.1) is 6.92 Å². The van der Waals surface area contributed by atoms with Crippen LogP contribution in [-0.2, 0) is 6.54 Å². The second-order valence-electron chi connectivity index (χ2n) is 5.94. The summed E-state index contributed by atoms with van der Waals surface area (Å²) in [6, 6.07) is 9.23. The zero-order valence-corrected chi connectivity index (χ0v) is 15.8. The van der Waals surface area contributed by atoms with Crippen molar-refractivity contribution in [2.24, 2.45) is 0 Å². The van der Waals surface area contributed by atoms with E-state index in [1.165, 1.54) is 11.3 Å². The lowest BCUT2D eigenvalue weighted by molar-refractivity contribution is 0.0677. The van der Waals surface area contributed by atoms with E-state index in [0.29, 0.717) is 22.4 Å². The lowest BCUT2D eigenvalue weighted by Crippen LogP contribution is -2.36. The van der Waals surface area contributed by atoms with Gasteiger partial charge in [0.15, 0.2) is 0 Å². The number of amides is 1.